The van der Waals surface area contributed by atoms with Crippen molar-refractivity contribution in [3.63, 3.8) is 0 Å². The van der Waals surface area contributed by atoms with Crippen LogP contribution in [-0.4, -0.2) is 69.0 Å². The fourth-order valence-electron chi connectivity index (χ4n) is 3.61. The maximum absolute atomic E-state index is 13.9. The standard InChI is InChI=1S/C20H18F3N7O4/c1-34-17-7-6-16(25-26-17)29-18(20(21,22)23)15(12-24-29)19(31)28-10-8-27(9-11-28)13-2-4-14(5-3-13)30(32)33/h2-7,12H,8-11H2,1H3. The molecule has 1 saturated heterocycles. The summed E-state index contributed by atoms with van der Waals surface area (Å²) in [6.07, 6.45) is -4.00. The van der Waals surface area contributed by atoms with Gasteiger partial charge in [-0.2, -0.15) is 18.3 Å². The number of carbonyl (C=O) groups excluding carboxylic acids is 1. The van der Waals surface area contributed by atoms with E-state index in [0.717, 1.165) is 11.9 Å². The molecule has 1 fully saturated rings. The lowest BCUT2D eigenvalue weighted by Crippen LogP contribution is -2.49. The molecule has 34 heavy (non-hydrogen) atoms. The molecule has 0 saturated carbocycles. The summed E-state index contributed by atoms with van der Waals surface area (Å²) in [7, 11) is 1.34. The van der Waals surface area contributed by atoms with Crippen LogP contribution in [0.3, 0.4) is 0 Å². The first-order chi connectivity index (χ1) is 16.2. The number of alkyl halides is 3. The zero-order chi connectivity index (χ0) is 24.5. The van der Waals surface area contributed by atoms with Crippen molar-refractivity contribution in [2.45, 2.75) is 6.18 Å². The van der Waals surface area contributed by atoms with Crippen LogP contribution in [0, 0.1) is 10.1 Å². The molecule has 1 amide bonds. The lowest BCUT2D eigenvalue weighted by Gasteiger charge is -2.36. The fourth-order valence-corrected chi connectivity index (χ4v) is 3.61. The van der Waals surface area contributed by atoms with Gasteiger partial charge in [-0.1, -0.05) is 0 Å². The molecular formula is C20H18F3N7O4. The normalized spacial score (nSPS) is 14.2. The number of carbonyl (C=O) groups is 1. The Morgan fingerprint density at radius 1 is 1.06 bits per heavy atom. The quantitative estimate of drug-likeness (QED) is 0.406. The second kappa shape index (κ2) is 8.96. The second-order valence-electron chi connectivity index (χ2n) is 7.30. The van der Waals surface area contributed by atoms with Crippen LogP contribution in [0.5, 0.6) is 5.88 Å². The van der Waals surface area contributed by atoms with E-state index in [9.17, 15) is 28.1 Å². The number of ether oxygens (including phenoxy) is 1. The number of nitrogens with zero attached hydrogens (tertiary/aromatic N) is 7. The number of nitro groups is 1. The summed E-state index contributed by atoms with van der Waals surface area (Å²) in [5, 5.41) is 21.9. The van der Waals surface area contributed by atoms with Gasteiger partial charge in [0.1, 0.15) is 0 Å². The molecule has 1 aliphatic rings. The highest BCUT2D eigenvalue weighted by Crippen LogP contribution is 2.34. The summed E-state index contributed by atoms with van der Waals surface area (Å²) in [6, 6.07) is 8.53. The van der Waals surface area contributed by atoms with E-state index in [1.54, 1.807) is 12.1 Å². The molecule has 11 nitrogen and oxygen atoms in total. The molecule has 1 aromatic carbocycles. The minimum atomic E-state index is -4.87. The zero-order valence-electron chi connectivity index (χ0n) is 17.8. The van der Waals surface area contributed by atoms with Gasteiger partial charge in [-0.25, -0.2) is 4.68 Å². The van der Waals surface area contributed by atoms with Crippen LogP contribution in [0.15, 0.2) is 42.6 Å². The van der Waals surface area contributed by atoms with Crippen molar-refractivity contribution in [3.8, 4) is 11.7 Å². The molecule has 178 valence electrons. The number of hydrogen-bond acceptors (Lipinski definition) is 8. The smallest absolute Gasteiger partial charge is 0.434 e. The fraction of sp³-hybridized carbons (Fsp3) is 0.300. The molecule has 0 aliphatic carbocycles. The highest BCUT2D eigenvalue weighted by Gasteiger charge is 2.42. The van der Waals surface area contributed by atoms with Crippen molar-refractivity contribution in [3.05, 3.63) is 64.0 Å². The van der Waals surface area contributed by atoms with Crippen LogP contribution >= 0.6 is 0 Å². The summed E-state index contributed by atoms with van der Waals surface area (Å²) in [5.41, 5.74) is -1.15. The topological polar surface area (TPSA) is 120 Å². The van der Waals surface area contributed by atoms with Crippen LogP contribution in [0.25, 0.3) is 5.82 Å². The maximum atomic E-state index is 13.9. The average Bonchev–Trinajstić information content (AvgIpc) is 3.30. The summed E-state index contributed by atoms with van der Waals surface area (Å²) in [5.74, 6) is -0.898. The molecule has 3 aromatic rings. The minimum absolute atomic E-state index is 0.0456. The Hall–Kier alpha value is -4.23. The molecule has 3 heterocycles. The van der Waals surface area contributed by atoms with Crippen LogP contribution in [0.4, 0.5) is 24.5 Å². The molecule has 0 unspecified atom stereocenters. The second-order valence-corrected chi connectivity index (χ2v) is 7.30. The Bertz CT molecular complexity index is 1190. The van der Waals surface area contributed by atoms with E-state index in [1.807, 2.05) is 4.90 Å². The highest BCUT2D eigenvalue weighted by molar-refractivity contribution is 5.95. The van der Waals surface area contributed by atoms with Gasteiger partial charge in [0.15, 0.2) is 11.5 Å². The number of hydrogen-bond donors (Lipinski definition) is 0. The largest absolute Gasteiger partial charge is 0.480 e. The van der Waals surface area contributed by atoms with Crippen molar-refractivity contribution in [1.82, 2.24) is 24.9 Å². The highest BCUT2D eigenvalue weighted by atomic mass is 19.4. The number of aromatic nitrogens is 4. The minimum Gasteiger partial charge on any atom is -0.480 e. The zero-order valence-corrected chi connectivity index (χ0v) is 17.8. The summed E-state index contributed by atoms with van der Waals surface area (Å²) < 4.78 is 47.1. The number of non-ortho nitro benzene ring substituents is 1. The Balaban J connectivity index is 1.53. The van der Waals surface area contributed by atoms with Gasteiger partial charge in [-0.05, 0) is 18.2 Å². The molecule has 0 N–H and O–H groups in total. The van der Waals surface area contributed by atoms with E-state index in [4.69, 9.17) is 4.74 Å². The molecule has 0 radical (unpaired) electrons. The summed E-state index contributed by atoms with van der Waals surface area (Å²) >= 11 is 0. The maximum Gasteiger partial charge on any atom is 0.434 e. The Labute approximate surface area is 190 Å². The lowest BCUT2D eigenvalue weighted by atomic mass is 10.1. The van der Waals surface area contributed by atoms with Crippen molar-refractivity contribution < 1.29 is 27.6 Å². The van der Waals surface area contributed by atoms with Crippen LogP contribution in [-0.2, 0) is 6.18 Å². The van der Waals surface area contributed by atoms with Gasteiger partial charge in [0.2, 0.25) is 5.88 Å². The van der Waals surface area contributed by atoms with Crippen molar-refractivity contribution >= 4 is 17.3 Å². The average molecular weight is 477 g/mol. The Morgan fingerprint density at radius 2 is 1.74 bits per heavy atom. The first-order valence-corrected chi connectivity index (χ1v) is 10.0. The number of anilines is 1. The number of methoxy groups -OCH3 is 1. The molecule has 2 aromatic heterocycles. The predicted octanol–water partition coefficient (Wildman–Crippen LogP) is 2.56. The third kappa shape index (κ3) is 4.46. The molecule has 0 spiro atoms. The number of piperazine rings is 1. The van der Waals surface area contributed by atoms with Crippen LogP contribution < -0.4 is 9.64 Å². The van der Waals surface area contributed by atoms with E-state index >= 15 is 0 Å². The van der Waals surface area contributed by atoms with Gasteiger partial charge in [-0.3, -0.25) is 14.9 Å². The van der Waals surface area contributed by atoms with Crippen molar-refractivity contribution in [2.75, 3.05) is 38.2 Å². The van der Waals surface area contributed by atoms with Crippen LogP contribution in [0.1, 0.15) is 16.1 Å². The third-order valence-electron chi connectivity index (χ3n) is 5.31. The van der Waals surface area contributed by atoms with Gasteiger partial charge in [0.25, 0.3) is 11.6 Å². The SMILES string of the molecule is COc1ccc(-n2ncc(C(=O)N3CCN(c4ccc([N+](=O)[O-])cc4)CC3)c2C(F)(F)F)nn1. The van der Waals surface area contributed by atoms with Gasteiger partial charge < -0.3 is 14.5 Å². The molecule has 0 bridgehead atoms. The van der Waals surface area contributed by atoms with Gasteiger partial charge in [0.05, 0.1) is 23.8 Å². The Morgan fingerprint density at radius 3 is 2.26 bits per heavy atom. The number of rotatable bonds is 5. The lowest BCUT2D eigenvalue weighted by molar-refractivity contribution is -0.384. The van der Waals surface area contributed by atoms with E-state index in [2.05, 4.69) is 15.3 Å². The summed E-state index contributed by atoms with van der Waals surface area (Å²) in [6.45, 7) is 1.03. The van der Waals surface area contributed by atoms with E-state index in [-0.39, 0.29) is 30.5 Å². The summed E-state index contributed by atoms with van der Waals surface area (Å²) in [4.78, 5) is 26.5. The van der Waals surface area contributed by atoms with Crippen molar-refractivity contribution in [2.24, 2.45) is 0 Å². The molecule has 14 heteroatoms. The Kier molecular flexibility index (Phi) is 6.04. The molecular weight excluding hydrogens is 459 g/mol. The van der Waals surface area contributed by atoms with Gasteiger partial charge >= 0.3 is 6.18 Å². The van der Waals surface area contributed by atoms with E-state index < -0.39 is 28.3 Å². The monoisotopic (exact) mass is 477 g/mol. The molecule has 4 rings (SSSR count). The number of benzene rings is 1. The van der Waals surface area contributed by atoms with Crippen LogP contribution in [0.2, 0.25) is 0 Å². The third-order valence-corrected chi connectivity index (χ3v) is 5.31. The van der Waals surface area contributed by atoms with Gasteiger partial charge in [-0.15, -0.1) is 10.2 Å². The number of halogens is 3. The molecule has 1 aliphatic heterocycles. The van der Waals surface area contributed by atoms with Crippen molar-refractivity contribution in [1.29, 1.82) is 0 Å². The van der Waals surface area contributed by atoms with E-state index in [1.165, 1.54) is 36.3 Å². The molecule has 0 atom stereocenters. The first kappa shape index (κ1) is 22.9. The number of amides is 1. The van der Waals surface area contributed by atoms with E-state index in [0.29, 0.717) is 17.8 Å². The van der Waals surface area contributed by atoms with Gasteiger partial charge in [0, 0.05) is 50.1 Å². The first-order valence-electron chi connectivity index (χ1n) is 10.0. The number of nitro benzene ring substituents is 1. The predicted molar refractivity (Wildman–Crippen MR) is 112 cm³/mol.